The van der Waals surface area contributed by atoms with Crippen LogP contribution in [-0.4, -0.2) is 37.0 Å². The number of rotatable bonds is 6. The van der Waals surface area contributed by atoms with E-state index >= 15 is 0 Å². The van der Waals surface area contributed by atoms with Gasteiger partial charge in [0.2, 0.25) is 0 Å². The lowest BCUT2D eigenvalue weighted by molar-refractivity contribution is -0.000626. The lowest BCUT2D eigenvalue weighted by atomic mass is 10.0. The summed E-state index contributed by atoms with van der Waals surface area (Å²) in [7, 11) is 0. The highest BCUT2D eigenvalue weighted by Crippen LogP contribution is 2.16. The van der Waals surface area contributed by atoms with Gasteiger partial charge in [0.05, 0.1) is 6.10 Å². The second kappa shape index (κ2) is 7.20. The molecule has 0 amide bonds. The number of hydrogen-bond acceptors (Lipinski definition) is 3. The standard InChI is InChI=1S/C12H25NO2/c1-3-12-8-11(5-7-15-12)13-9-10(2)4-6-14/h10-14H,3-9H2,1-2H3. The van der Waals surface area contributed by atoms with E-state index in [0.717, 1.165) is 38.8 Å². The Morgan fingerprint density at radius 1 is 1.53 bits per heavy atom. The summed E-state index contributed by atoms with van der Waals surface area (Å²) in [4.78, 5) is 0. The highest BCUT2D eigenvalue weighted by molar-refractivity contribution is 4.76. The third-order valence-corrected chi connectivity index (χ3v) is 3.20. The first-order valence-electron chi connectivity index (χ1n) is 6.22. The number of ether oxygens (including phenoxy) is 1. The Kier molecular flexibility index (Phi) is 6.22. The largest absolute Gasteiger partial charge is 0.396 e. The van der Waals surface area contributed by atoms with Crippen LogP contribution in [-0.2, 0) is 4.74 Å². The molecule has 1 fully saturated rings. The minimum Gasteiger partial charge on any atom is -0.396 e. The van der Waals surface area contributed by atoms with Crippen LogP contribution in [0.4, 0.5) is 0 Å². The molecule has 1 aliphatic heterocycles. The monoisotopic (exact) mass is 215 g/mol. The molecule has 0 bridgehead atoms. The fourth-order valence-electron chi connectivity index (χ4n) is 2.04. The van der Waals surface area contributed by atoms with Crippen molar-refractivity contribution in [2.24, 2.45) is 5.92 Å². The Bertz CT molecular complexity index is 164. The van der Waals surface area contributed by atoms with Gasteiger partial charge in [-0.25, -0.2) is 0 Å². The van der Waals surface area contributed by atoms with Gasteiger partial charge in [0.1, 0.15) is 0 Å². The molecule has 3 unspecified atom stereocenters. The van der Waals surface area contributed by atoms with Gasteiger partial charge in [0, 0.05) is 19.3 Å². The van der Waals surface area contributed by atoms with Crippen LogP contribution < -0.4 is 5.32 Å². The maximum absolute atomic E-state index is 8.81. The molecule has 3 atom stereocenters. The van der Waals surface area contributed by atoms with Gasteiger partial charge in [0.25, 0.3) is 0 Å². The number of aliphatic hydroxyl groups is 1. The molecule has 0 spiro atoms. The quantitative estimate of drug-likeness (QED) is 0.706. The Morgan fingerprint density at radius 2 is 2.33 bits per heavy atom. The predicted molar refractivity (Wildman–Crippen MR) is 61.9 cm³/mol. The van der Waals surface area contributed by atoms with Crippen molar-refractivity contribution in [1.82, 2.24) is 5.32 Å². The van der Waals surface area contributed by atoms with E-state index in [2.05, 4.69) is 19.2 Å². The average Bonchev–Trinajstić information content (AvgIpc) is 2.27. The molecule has 0 aliphatic carbocycles. The van der Waals surface area contributed by atoms with Crippen molar-refractivity contribution < 1.29 is 9.84 Å². The predicted octanol–water partition coefficient (Wildman–Crippen LogP) is 1.55. The van der Waals surface area contributed by atoms with Crippen LogP contribution in [0.3, 0.4) is 0 Å². The second-order valence-electron chi connectivity index (χ2n) is 4.65. The minimum absolute atomic E-state index is 0.300. The fraction of sp³-hybridized carbons (Fsp3) is 1.00. The Balaban J connectivity index is 2.14. The SMILES string of the molecule is CCC1CC(NCC(C)CCO)CCO1. The first-order valence-corrected chi connectivity index (χ1v) is 6.22. The normalized spacial score (nSPS) is 29.0. The summed E-state index contributed by atoms with van der Waals surface area (Å²) >= 11 is 0. The van der Waals surface area contributed by atoms with Gasteiger partial charge in [-0.05, 0) is 38.1 Å². The third-order valence-electron chi connectivity index (χ3n) is 3.20. The van der Waals surface area contributed by atoms with E-state index in [9.17, 15) is 0 Å². The van der Waals surface area contributed by atoms with Crippen molar-refractivity contribution in [3.8, 4) is 0 Å². The maximum atomic E-state index is 8.81. The van der Waals surface area contributed by atoms with Gasteiger partial charge in [0.15, 0.2) is 0 Å². The molecule has 0 radical (unpaired) electrons. The lowest BCUT2D eigenvalue weighted by Crippen LogP contribution is -2.40. The van der Waals surface area contributed by atoms with E-state index < -0.39 is 0 Å². The molecule has 1 aliphatic rings. The fourth-order valence-corrected chi connectivity index (χ4v) is 2.04. The Labute approximate surface area is 93.2 Å². The average molecular weight is 215 g/mol. The first kappa shape index (κ1) is 12.9. The van der Waals surface area contributed by atoms with Crippen molar-refractivity contribution in [2.75, 3.05) is 19.8 Å². The van der Waals surface area contributed by atoms with Gasteiger partial charge >= 0.3 is 0 Å². The zero-order valence-corrected chi connectivity index (χ0v) is 10.0. The molecule has 1 saturated heterocycles. The van der Waals surface area contributed by atoms with Gasteiger partial charge in [-0.15, -0.1) is 0 Å². The first-order chi connectivity index (χ1) is 7.26. The summed E-state index contributed by atoms with van der Waals surface area (Å²) in [6, 6.07) is 0.616. The summed E-state index contributed by atoms with van der Waals surface area (Å²) in [5.74, 6) is 0.568. The molecule has 1 heterocycles. The Morgan fingerprint density at radius 3 is 3.00 bits per heavy atom. The van der Waals surface area contributed by atoms with Crippen LogP contribution in [0.15, 0.2) is 0 Å². The van der Waals surface area contributed by atoms with Crippen LogP contribution in [0.25, 0.3) is 0 Å². The number of hydrogen-bond donors (Lipinski definition) is 2. The van der Waals surface area contributed by atoms with E-state index in [1.54, 1.807) is 0 Å². The van der Waals surface area contributed by atoms with Crippen molar-refractivity contribution in [3.05, 3.63) is 0 Å². The molecule has 2 N–H and O–H groups in total. The smallest absolute Gasteiger partial charge is 0.0587 e. The van der Waals surface area contributed by atoms with Gasteiger partial charge in [-0.1, -0.05) is 13.8 Å². The van der Waals surface area contributed by atoms with E-state index in [-0.39, 0.29) is 0 Å². The zero-order valence-electron chi connectivity index (χ0n) is 10.0. The highest BCUT2D eigenvalue weighted by atomic mass is 16.5. The topological polar surface area (TPSA) is 41.5 Å². The number of nitrogens with one attached hydrogen (secondary N) is 1. The molecule has 0 aromatic rings. The molecular weight excluding hydrogens is 190 g/mol. The summed E-state index contributed by atoms with van der Waals surface area (Å²) in [5.41, 5.74) is 0. The second-order valence-corrected chi connectivity index (χ2v) is 4.65. The number of aliphatic hydroxyl groups excluding tert-OH is 1. The van der Waals surface area contributed by atoms with Crippen molar-refractivity contribution in [3.63, 3.8) is 0 Å². The van der Waals surface area contributed by atoms with E-state index in [1.807, 2.05) is 0 Å². The highest BCUT2D eigenvalue weighted by Gasteiger charge is 2.20. The maximum Gasteiger partial charge on any atom is 0.0587 e. The molecule has 1 rings (SSSR count). The molecule has 3 nitrogen and oxygen atoms in total. The summed E-state index contributed by atoms with van der Waals surface area (Å²) < 4.78 is 5.63. The van der Waals surface area contributed by atoms with Gasteiger partial charge in [-0.3, -0.25) is 0 Å². The zero-order chi connectivity index (χ0) is 11.1. The van der Waals surface area contributed by atoms with Gasteiger partial charge in [-0.2, -0.15) is 0 Å². The van der Waals surface area contributed by atoms with E-state index in [1.165, 1.54) is 0 Å². The third kappa shape index (κ3) is 4.96. The molecule has 3 heteroatoms. The van der Waals surface area contributed by atoms with Crippen LogP contribution in [0.1, 0.15) is 39.5 Å². The van der Waals surface area contributed by atoms with Crippen molar-refractivity contribution >= 4 is 0 Å². The van der Waals surface area contributed by atoms with Crippen molar-refractivity contribution in [1.29, 1.82) is 0 Å². The molecule has 15 heavy (non-hydrogen) atoms. The molecular formula is C12H25NO2. The van der Waals surface area contributed by atoms with Gasteiger partial charge < -0.3 is 15.2 Å². The Hall–Kier alpha value is -0.120. The lowest BCUT2D eigenvalue weighted by Gasteiger charge is -2.30. The summed E-state index contributed by atoms with van der Waals surface area (Å²) in [6.07, 6.45) is 4.73. The molecule has 0 aromatic heterocycles. The van der Waals surface area contributed by atoms with Crippen molar-refractivity contribution in [2.45, 2.75) is 51.7 Å². The van der Waals surface area contributed by atoms with E-state index in [4.69, 9.17) is 9.84 Å². The molecule has 90 valence electrons. The van der Waals surface area contributed by atoms with Crippen LogP contribution in [0, 0.1) is 5.92 Å². The minimum atomic E-state index is 0.300. The van der Waals surface area contributed by atoms with Crippen LogP contribution >= 0.6 is 0 Å². The summed E-state index contributed by atoms with van der Waals surface area (Å²) in [5, 5.41) is 12.4. The molecule has 0 aromatic carbocycles. The van der Waals surface area contributed by atoms with E-state index in [0.29, 0.717) is 24.7 Å². The van der Waals surface area contributed by atoms with Crippen LogP contribution in [0.2, 0.25) is 0 Å². The molecule has 0 saturated carbocycles. The summed E-state index contributed by atoms with van der Waals surface area (Å²) in [6.45, 7) is 6.57. The van der Waals surface area contributed by atoms with Crippen LogP contribution in [0.5, 0.6) is 0 Å².